The van der Waals surface area contributed by atoms with Crippen LogP contribution in [0.5, 0.6) is 0 Å². The van der Waals surface area contributed by atoms with Gasteiger partial charge in [-0.25, -0.2) is 0 Å². The number of rotatable bonds is 3. The van der Waals surface area contributed by atoms with Crippen LogP contribution in [0.2, 0.25) is 0 Å². The van der Waals surface area contributed by atoms with Gasteiger partial charge in [-0.3, -0.25) is 4.79 Å². The van der Waals surface area contributed by atoms with Crippen LogP contribution in [-0.4, -0.2) is 48.0 Å². The second-order valence-electron chi connectivity index (χ2n) is 4.84. The van der Waals surface area contributed by atoms with Crippen LogP contribution < -0.4 is 5.32 Å². The summed E-state index contributed by atoms with van der Waals surface area (Å²) in [4.78, 5) is 14.3. The Balaban J connectivity index is 1.96. The summed E-state index contributed by atoms with van der Waals surface area (Å²) >= 11 is 1.95. The van der Waals surface area contributed by atoms with E-state index >= 15 is 0 Å². The van der Waals surface area contributed by atoms with Crippen molar-refractivity contribution in [2.45, 2.75) is 49.4 Å². The number of hydrogen-bond donors (Lipinski definition) is 1. The molecule has 16 heavy (non-hydrogen) atoms. The molecule has 1 heterocycles. The molecular formula is C12H22N2OS. The van der Waals surface area contributed by atoms with Gasteiger partial charge in [0.1, 0.15) is 0 Å². The van der Waals surface area contributed by atoms with Crippen molar-refractivity contribution in [3.8, 4) is 0 Å². The summed E-state index contributed by atoms with van der Waals surface area (Å²) in [7, 11) is 1.89. The Bertz CT molecular complexity index is 259. The molecule has 3 unspecified atom stereocenters. The zero-order chi connectivity index (χ0) is 11.5. The van der Waals surface area contributed by atoms with Crippen molar-refractivity contribution in [2.24, 2.45) is 0 Å². The highest BCUT2D eigenvalue weighted by molar-refractivity contribution is 7.99. The third-order valence-corrected chi connectivity index (χ3v) is 5.05. The molecule has 1 aliphatic carbocycles. The van der Waals surface area contributed by atoms with E-state index in [1.54, 1.807) is 0 Å². The van der Waals surface area contributed by atoms with Crippen LogP contribution in [0.25, 0.3) is 0 Å². The topological polar surface area (TPSA) is 32.3 Å². The van der Waals surface area contributed by atoms with Crippen molar-refractivity contribution in [1.29, 1.82) is 0 Å². The average Bonchev–Trinajstić information content (AvgIpc) is 2.78. The number of likely N-dealkylation sites (N-methyl/N-ethyl adjacent to an activating group) is 1. The van der Waals surface area contributed by atoms with E-state index in [2.05, 4.69) is 16.5 Å². The monoisotopic (exact) mass is 242 g/mol. The van der Waals surface area contributed by atoms with Gasteiger partial charge in [-0.2, -0.15) is 11.8 Å². The fraction of sp³-hybridized carbons (Fsp3) is 0.917. The van der Waals surface area contributed by atoms with Gasteiger partial charge in [0.15, 0.2) is 0 Å². The molecule has 1 N–H and O–H groups in total. The number of piperidine rings is 1. The van der Waals surface area contributed by atoms with Crippen molar-refractivity contribution >= 4 is 17.7 Å². The van der Waals surface area contributed by atoms with Gasteiger partial charge in [0.2, 0.25) is 5.91 Å². The Morgan fingerprint density at radius 3 is 2.81 bits per heavy atom. The number of hydrogen-bond acceptors (Lipinski definition) is 3. The summed E-state index contributed by atoms with van der Waals surface area (Å²) in [6, 6.07) is 0.586. The van der Waals surface area contributed by atoms with Crippen LogP contribution in [0.3, 0.4) is 0 Å². The molecule has 0 radical (unpaired) electrons. The predicted molar refractivity (Wildman–Crippen MR) is 68.7 cm³/mol. The van der Waals surface area contributed by atoms with E-state index < -0.39 is 0 Å². The summed E-state index contributed by atoms with van der Waals surface area (Å²) in [6.45, 7) is 0.975. The van der Waals surface area contributed by atoms with Crippen LogP contribution in [0.4, 0.5) is 0 Å². The molecule has 2 fully saturated rings. The van der Waals surface area contributed by atoms with Gasteiger partial charge in [-0.1, -0.05) is 0 Å². The molecule has 1 saturated heterocycles. The normalized spacial score (nSPS) is 35.8. The van der Waals surface area contributed by atoms with Crippen LogP contribution >= 0.6 is 11.8 Å². The molecule has 1 saturated carbocycles. The van der Waals surface area contributed by atoms with Crippen molar-refractivity contribution in [3.63, 3.8) is 0 Å². The maximum atomic E-state index is 12.2. The highest BCUT2D eigenvalue weighted by Crippen LogP contribution is 2.32. The Morgan fingerprint density at radius 1 is 1.38 bits per heavy atom. The van der Waals surface area contributed by atoms with Crippen LogP contribution in [0.1, 0.15) is 32.1 Å². The van der Waals surface area contributed by atoms with Crippen molar-refractivity contribution < 1.29 is 4.79 Å². The SMILES string of the molecule is CNC1CCCN(C2CCC(SC)C2)C1=O. The molecule has 1 aliphatic heterocycles. The summed E-state index contributed by atoms with van der Waals surface area (Å²) in [5, 5.41) is 3.91. The maximum Gasteiger partial charge on any atom is 0.239 e. The molecular weight excluding hydrogens is 220 g/mol. The first kappa shape index (κ1) is 12.2. The second-order valence-corrected chi connectivity index (χ2v) is 5.98. The lowest BCUT2D eigenvalue weighted by molar-refractivity contribution is -0.138. The molecule has 0 aromatic carbocycles. The Morgan fingerprint density at radius 2 is 2.19 bits per heavy atom. The van der Waals surface area contributed by atoms with Gasteiger partial charge >= 0.3 is 0 Å². The van der Waals surface area contributed by atoms with Gasteiger partial charge in [0.25, 0.3) is 0 Å². The lowest BCUT2D eigenvalue weighted by atomic mass is 10.0. The van der Waals surface area contributed by atoms with Gasteiger partial charge in [0.05, 0.1) is 6.04 Å². The molecule has 2 rings (SSSR count). The fourth-order valence-corrected chi connectivity index (χ4v) is 3.73. The van der Waals surface area contributed by atoms with Gasteiger partial charge in [0, 0.05) is 17.8 Å². The Hall–Kier alpha value is -0.220. The van der Waals surface area contributed by atoms with Crippen molar-refractivity contribution in [2.75, 3.05) is 19.8 Å². The highest BCUT2D eigenvalue weighted by atomic mass is 32.2. The zero-order valence-electron chi connectivity index (χ0n) is 10.2. The van der Waals surface area contributed by atoms with Gasteiger partial charge in [-0.15, -0.1) is 0 Å². The minimum atomic E-state index is 0.0714. The third-order valence-electron chi connectivity index (χ3n) is 3.95. The van der Waals surface area contributed by atoms with Crippen molar-refractivity contribution in [1.82, 2.24) is 10.2 Å². The fourth-order valence-electron chi connectivity index (χ4n) is 2.94. The Labute approximate surface area is 102 Å². The van der Waals surface area contributed by atoms with Gasteiger partial charge < -0.3 is 10.2 Å². The van der Waals surface area contributed by atoms with E-state index in [-0.39, 0.29) is 6.04 Å². The first-order chi connectivity index (χ1) is 7.76. The van der Waals surface area contributed by atoms with E-state index in [0.717, 1.165) is 24.6 Å². The van der Waals surface area contributed by atoms with E-state index in [1.165, 1.54) is 19.3 Å². The smallest absolute Gasteiger partial charge is 0.239 e. The van der Waals surface area contributed by atoms with E-state index in [9.17, 15) is 4.79 Å². The zero-order valence-corrected chi connectivity index (χ0v) is 11.1. The minimum Gasteiger partial charge on any atom is -0.338 e. The third kappa shape index (κ3) is 2.38. The molecule has 92 valence electrons. The summed E-state index contributed by atoms with van der Waals surface area (Å²) in [5.41, 5.74) is 0. The summed E-state index contributed by atoms with van der Waals surface area (Å²) < 4.78 is 0. The number of nitrogens with zero attached hydrogens (tertiary/aromatic N) is 1. The average molecular weight is 242 g/mol. The highest BCUT2D eigenvalue weighted by Gasteiger charge is 2.36. The largest absolute Gasteiger partial charge is 0.338 e. The summed E-state index contributed by atoms with van der Waals surface area (Å²) in [5.74, 6) is 0.334. The number of carbonyl (C=O) groups excluding carboxylic acids is 1. The molecule has 3 atom stereocenters. The van der Waals surface area contributed by atoms with Crippen LogP contribution in [-0.2, 0) is 4.79 Å². The second kappa shape index (κ2) is 5.41. The molecule has 0 aromatic heterocycles. The maximum absolute atomic E-state index is 12.2. The minimum absolute atomic E-state index is 0.0714. The predicted octanol–water partition coefficient (Wildman–Crippen LogP) is 1.48. The Kier molecular flexibility index (Phi) is 4.14. The first-order valence-corrected chi connectivity index (χ1v) is 7.55. The molecule has 1 amide bonds. The van der Waals surface area contributed by atoms with E-state index in [0.29, 0.717) is 11.9 Å². The lowest BCUT2D eigenvalue weighted by Crippen LogP contribution is -2.52. The summed E-state index contributed by atoms with van der Waals surface area (Å²) in [6.07, 6.45) is 8.01. The number of likely N-dealkylation sites (tertiary alicyclic amines) is 1. The molecule has 0 spiro atoms. The molecule has 3 nitrogen and oxygen atoms in total. The van der Waals surface area contributed by atoms with E-state index in [1.807, 2.05) is 18.8 Å². The molecule has 0 aromatic rings. The number of thioether (sulfide) groups is 1. The van der Waals surface area contributed by atoms with Gasteiger partial charge in [-0.05, 0) is 45.4 Å². The molecule has 2 aliphatic rings. The first-order valence-electron chi connectivity index (χ1n) is 6.26. The number of amides is 1. The number of nitrogens with one attached hydrogen (secondary N) is 1. The molecule has 4 heteroatoms. The van der Waals surface area contributed by atoms with Crippen LogP contribution in [0.15, 0.2) is 0 Å². The lowest BCUT2D eigenvalue weighted by Gasteiger charge is -2.36. The number of carbonyl (C=O) groups is 1. The standard InChI is InChI=1S/C12H22N2OS/c1-13-11-4-3-7-14(12(11)15)9-5-6-10(8-9)16-2/h9-11,13H,3-8H2,1-2H3. The molecule has 0 bridgehead atoms. The quantitative estimate of drug-likeness (QED) is 0.813. The van der Waals surface area contributed by atoms with Crippen molar-refractivity contribution in [3.05, 3.63) is 0 Å². The van der Waals surface area contributed by atoms with E-state index in [4.69, 9.17) is 0 Å². The van der Waals surface area contributed by atoms with Crippen LogP contribution in [0, 0.1) is 0 Å².